The molecule has 0 fully saturated rings. The number of carbonyl (C=O) groups is 2. The van der Waals surface area contributed by atoms with Crippen molar-refractivity contribution in [1.82, 2.24) is 5.43 Å². The second-order valence-electron chi connectivity index (χ2n) is 6.05. The fraction of sp³-hybridized carbons (Fsp3) is 0.211. The molecule has 0 radical (unpaired) electrons. The van der Waals surface area contributed by atoms with Gasteiger partial charge >= 0.3 is 0 Å². The zero-order valence-electron chi connectivity index (χ0n) is 15.8. The average molecular weight is 419 g/mol. The molecule has 0 unspecified atom stereocenters. The summed E-state index contributed by atoms with van der Waals surface area (Å²) >= 11 is 5.80. The van der Waals surface area contributed by atoms with Crippen LogP contribution in [0.2, 0.25) is 5.02 Å². The fourth-order valence-corrected chi connectivity index (χ4v) is 2.47. The molecule has 0 bridgehead atoms. The molecule has 10 heteroatoms. The lowest BCUT2D eigenvalue weighted by Crippen LogP contribution is -2.23. The molecule has 0 aliphatic carbocycles. The lowest BCUT2D eigenvalue weighted by molar-refractivity contribution is -0.384. The molecule has 0 aliphatic heterocycles. The van der Waals surface area contributed by atoms with Gasteiger partial charge in [-0.1, -0.05) is 23.7 Å². The SMILES string of the molecule is COc1ccc(NC(=O)C/C(C)=N\NC(=O)Cc2ccc(Cl)cc2)c([N+](=O)[O-])c1. The van der Waals surface area contributed by atoms with Gasteiger partial charge in [-0.05, 0) is 36.8 Å². The van der Waals surface area contributed by atoms with Crippen molar-refractivity contribution >= 4 is 40.5 Å². The van der Waals surface area contributed by atoms with Crippen LogP contribution in [-0.2, 0) is 16.0 Å². The number of benzene rings is 2. The van der Waals surface area contributed by atoms with Gasteiger partial charge in [0.25, 0.3) is 5.69 Å². The maximum atomic E-state index is 12.1. The third-order valence-electron chi connectivity index (χ3n) is 3.74. The van der Waals surface area contributed by atoms with Crippen LogP contribution in [0.25, 0.3) is 0 Å². The number of nitrogens with one attached hydrogen (secondary N) is 2. The Labute approximate surface area is 171 Å². The van der Waals surface area contributed by atoms with E-state index in [9.17, 15) is 19.7 Å². The van der Waals surface area contributed by atoms with Gasteiger partial charge in [0, 0.05) is 10.7 Å². The van der Waals surface area contributed by atoms with E-state index >= 15 is 0 Å². The van der Waals surface area contributed by atoms with Crippen molar-refractivity contribution < 1.29 is 19.2 Å². The molecule has 0 aromatic heterocycles. The molecule has 2 aromatic rings. The van der Waals surface area contributed by atoms with Crippen LogP contribution in [0.15, 0.2) is 47.6 Å². The van der Waals surface area contributed by atoms with Crippen LogP contribution in [0, 0.1) is 10.1 Å². The molecule has 2 aromatic carbocycles. The van der Waals surface area contributed by atoms with Crippen molar-refractivity contribution in [1.29, 1.82) is 0 Å². The van der Waals surface area contributed by atoms with E-state index in [2.05, 4.69) is 15.8 Å². The second-order valence-corrected chi connectivity index (χ2v) is 6.49. The monoisotopic (exact) mass is 418 g/mol. The van der Waals surface area contributed by atoms with Gasteiger partial charge in [0.1, 0.15) is 11.4 Å². The summed E-state index contributed by atoms with van der Waals surface area (Å²) in [5, 5.41) is 18.1. The summed E-state index contributed by atoms with van der Waals surface area (Å²) in [4.78, 5) is 34.6. The van der Waals surface area contributed by atoms with Crippen molar-refractivity contribution in [3.8, 4) is 5.75 Å². The van der Waals surface area contributed by atoms with Crippen LogP contribution in [0.3, 0.4) is 0 Å². The first kappa shape index (κ1) is 21.8. The highest BCUT2D eigenvalue weighted by molar-refractivity contribution is 6.30. The number of ether oxygens (including phenoxy) is 1. The van der Waals surface area contributed by atoms with E-state index in [0.29, 0.717) is 16.5 Å². The number of anilines is 1. The normalized spacial score (nSPS) is 10.9. The van der Waals surface area contributed by atoms with Crippen molar-refractivity contribution in [2.75, 3.05) is 12.4 Å². The molecule has 0 spiro atoms. The van der Waals surface area contributed by atoms with Gasteiger partial charge in [0.2, 0.25) is 11.8 Å². The van der Waals surface area contributed by atoms with Crippen molar-refractivity contribution in [3.63, 3.8) is 0 Å². The Hall–Kier alpha value is -3.46. The molecule has 0 saturated carbocycles. The molecule has 29 heavy (non-hydrogen) atoms. The largest absolute Gasteiger partial charge is 0.496 e. The number of hydrogen-bond acceptors (Lipinski definition) is 6. The molecule has 0 heterocycles. The Kier molecular flexibility index (Phi) is 7.67. The highest BCUT2D eigenvalue weighted by atomic mass is 35.5. The standard InChI is InChI=1S/C19H19ClN4O5/c1-12(22-23-19(26)10-13-3-5-14(20)6-4-13)9-18(25)21-16-8-7-15(29-2)11-17(16)24(27)28/h3-8,11H,9-10H2,1-2H3,(H,21,25)(H,23,26)/b22-12-. The number of rotatable bonds is 8. The number of amides is 2. The first-order valence-corrected chi connectivity index (χ1v) is 8.85. The lowest BCUT2D eigenvalue weighted by atomic mass is 10.1. The van der Waals surface area contributed by atoms with Crippen molar-refractivity contribution in [3.05, 3.63) is 63.2 Å². The van der Waals surface area contributed by atoms with Crippen LogP contribution < -0.4 is 15.5 Å². The quantitative estimate of drug-likeness (QED) is 0.386. The van der Waals surface area contributed by atoms with Crippen LogP contribution in [0.1, 0.15) is 18.9 Å². The maximum absolute atomic E-state index is 12.1. The summed E-state index contributed by atoms with van der Waals surface area (Å²) in [5.41, 5.74) is 3.23. The minimum absolute atomic E-state index is 0.0420. The molecule has 2 amide bonds. The van der Waals surface area contributed by atoms with Crippen LogP contribution in [0.5, 0.6) is 5.75 Å². The number of nitrogens with zero attached hydrogens (tertiary/aromatic N) is 2. The molecule has 0 saturated heterocycles. The van der Waals surface area contributed by atoms with Gasteiger partial charge in [-0.25, -0.2) is 5.43 Å². The van der Waals surface area contributed by atoms with Gasteiger partial charge in [0.15, 0.2) is 0 Å². The third-order valence-corrected chi connectivity index (χ3v) is 3.99. The van der Waals surface area contributed by atoms with Gasteiger partial charge in [-0.2, -0.15) is 5.10 Å². The van der Waals surface area contributed by atoms with Crippen LogP contribution in [0.4, 0.5) is 11.4 Å². The maximum Gasteiger partial charge on any atom is 0.296 e. The lowest BCUT2D eigenvalue weighted by Gasteiger charge is -2.08. The zero-order valence-corrected chi connectivity index (χ0v) is 16.5. The number of hydrazone groups is 1. The molecule has 2 rings (SSSR count). The van der Waals surface area contributed by atoms with Gasteiger partial charge in [-0.3, -0.25) is 19.7 Å². The second kappa shape index (κ2) is 10.2. The van der Waals surface area contributed by atoms with Gasteiger partial charge < -0.3 is 10.1 Å². The van der Waals surface area contributed by atoms with Crippen molar-refractivity contribution in [2.24, 2.45) is 5.10 Å². The van der Waals surface area contributed by atoms with Crippen molar-refractivity contribution in [2.45, 2.75) is 19.8 Å². The number of methoxy groups -OCH3 is 1. The summed E-state index contributed by atoms with van der Waals surface area (Å²) in [7, 11) is 1.39. The molecule has 2 N–H and O–H groups in total. The summed E-state index contributed by atoms with van der Waals surface area (Å²) in [6, 6.07) is 10.9. The number of nitro groups is 1. The van der Waals surface area contributed by atoms with E-state index in [4.69, 9.17) is 16.3 Å². The van der Waals surface area contributed by atoms with E-state index in [1.807, 2.05) is 0 Å². The smallest absolute Gasteiger partial charge is 0.296 e. The van der Waals surface area contributed by atoms with Gasteiger partial charge in [0.05, 0.1) is 30.9 Å². The van der Waals surface area contributed by atoms with E-state index in [1.165, 1.54) is 25.3 Å². The number of hydrogen-bond donors (Lipinski definition) is 2. The first-order valence-electron chi connectivity index (χ1n) is 8.47. The average Bonchev–Trinajstić information content (AvgIpc) is 2.68. The Morgan fingerprint density at radius 2 is 1.86 bits per heavy atom. The summed E-state index contributed by atoms with van der Waals surface area (Å²) in [5.74, 6) is -0.555. The summed E-state index contributed by atoms with van der Waals surface area (Å²) in [6.07, 6.45) is -0.0391. The molecule has 0 aliphatic rings. The van der Waals surface area contributed by atoms with E-state index in [-0.39, 0.29) is 30.1 Å². The highest BCUT2D eigenvalue weighted by Gasteiger charge is 2.17. The molecule has 152 valence electrons. The van der Waals surface area contributed by atoms with Crippen LogP contribution in [-0.4, -0.2) is 29.6 Å². The zero-order chi connectivity index (χ0) is 21.4. The first-order chi connectivity index (χ1) is 13.8. The number of halogens is 1. The fourth-order valence-electron chi connectivity index (χ4n) is 2.35. The Morgan fingerprint density at radius 1 is 1.17 bits per heavy atom. The topological polar surface area (TPSA) is 123 Å². The molecular formula is C19H19ClN4O5. The Bertz CT molecular complexity index is 944. The minimum Gasteiger partial charge on any atom is -0.496 e. The van der Waals surface area contributed by atoms with Gasteiger partial charge in [-0.15, -0.1) is 0 Å². The third kappa shape index (κ3) is 6.89. The Morgan fingerprint density at radius 3 is 2.48 bits per heavy atom. The molecular weight excluding hydrogens is 400 g/mol. The van der Waals surface area contributed by atoms with E-state index in [0.717, 1.165) is 5.56 Å². The molecule has 0 atom stereocenters. The predicted molar refractivity (Wildman–Crippen MR) is 109 cm³/mol. The molecule has 9 nitrogen and oxygen atoms in total. The number of nitro benzene ring substituents is 1. The summed E-state index contributed by atoms with van der Waals surface area (Å²) < 4.78 is 4.95. The summed E-state index contributed by atoms with van der Waals surface area (Å²) in [6.45, 7) is 1.56. The Balaban J connectivity index is 1.92. The predicted octanol–water partition coefficient (Wildman–Crippen LogP) is 3.32. The minimum atomic E-state index is -0.615. The van der Waals surface area contributed by atoms with Crippen LogP contribution >= 0.6 is 11.6 Å². The highest BCUT2D eigenvalue weighted by Crippen LogP contribution is 2.29. The van der Waals surface area contributed by atoms with E-state index in [1.54, 1.807) is 31.2 Å². The number of carbonyl (C=O) groups excluding carboxylic acids is 2. The van der Waals surface area contributed by atoms with E-state index < -0.39 is 10.8 Å².